The van der Waals surface area contributed by atoms with Gasteiger partial charge < -0.3 is 33.8 Å². The molecule has 0 saturated carbocycles. The summed E-state index contributed by atoms with van der Waals surface area (Å²) in [6, 6.07) is 0. The summed E-state index contributed by atoms with van der Waals surface area (Å²) in [5.41, 5.74) is 0. The first-order chi connectivity index (χ1) is 48.4. The predicted molar refractivity (Wildman–Crippen MR) is 409 cm³/mol. The van der Waals surface area contributed by atoms with Gasteiger partial charge in [0.25, 0.3) is 0 Å². The van der Waals surface area contributed by atoms with Gasteiger partial charge in [0.05, 0.1) is 26.4 Å². The zero-order valence-electron chi connectivity index (χ0n) is 65.5. The van der Waals surface area contributed by atoms with E-state index in [-0.39, 0.29) is 25.7 Å². The second-order valence-corrected chi connectivity index (χ2v) is 33.0. The van der Waals surface area contributed by atoms with Crippen LogP contribution < -0.4 is 0 Å². The predicted octanol–water partition coefficient (Wildman–Crippen LogP) is 24.3. The Kier molecular flexibility index (Phi) is 71.2. The van der Waals surface area contributed by atoms with Crippen LogP contribution in [0.2, 0.25) is 0 Å². The summed E-state index contributed by atoms with van der Waals surface area (Å²) >= 11 is 0. The normalized spacial score (nSPS) is 13.9. The maximum Gasteiger partial charge on any atom is 0.472 e. The highest BCUT2D eigenvalue weighted by Gasteiger charge is 2.30. The van der Waals surface area contributed by atoms with E-state index in [0.717, 1.165) is 115 Å². The number of esters is 4. The number of ether oxygens (including phenoxy) is 4. The number of carbonyl (C=O) groups excluding carboxylic acids is 4. The average molecular weight is 1470 g/mol. The van der Waals surface area contributed by atoms with Crippen molar-refractivity contribution in [3.8, 4) is 0 Å². The molecule has 0 spiro atoms. The molecule has 5 atom stereocenters. The molecule has 0 bridgehead atoms. The van der Waals surface area contributed by atoms with Crippen molar-refractivity contribution in [3.63, 3.8) is 0 Å². The Labute approximate surface area is 613 Å². The molecule has 3 N–H and O–H groups in total. The lowest BCUT2D eigenvalue weighted by Crippen LogP contribution is -2.30. The molecule has 0 aromatic carbocycles. The maximum atomic E-state index is 13.1. The summed E-state index contributed by atoms with van der Waals surface area (Å²) in [6.45, 7) is 9.64. The van der Waals surface area contributed by atoms with Crippen LogP contribution in [0.15, 0.2) is 0 Å². The fraction of sp³-hybridized carbons (Fsp3) is 0.951. The summed E-state index contributed by atoms with van der Waals surface area (Å²) in [5, 5.41) is 10.6. The summed E-state index contributed by atoms with van der Waals surface area (Å²) in [7, 11) is -9.91. The van der Waals surface area contributed by atoms with Crippen LogP contribution in [0.25, 0.3) is 0 Å². The average Bonchev–Trinajstić information content (AvgIpc) is 0.945. The lowest BCUT2D eigenvalue weighted by atomic mass is 10.0. The topological polar surface area (TPSA) is 237 Å². The van der Waals surface area contributed by atoms with Gasteiger partial charge in [-0.3, -0.25) is 37.3 Å². The fourth-order valence-electron chi connectivity index (χ4n) is 12.5. The number of unbranched alkanes of at least 4 members (excludes halogenated alkanes) is 50. The largest absolute Gasteiger partial charge is 0.472 e. The van der Waals surface area contributed by atoms with E-state index in [2.05, 4.69) is 41.5 Å². The van der Waals surface area contributed by atoms with Gasteiger partial charge >= 0.3 is 39.5 Å². The van der Waals surface area contributed by atoms with Gasteiger partial charge in [-0.15, -0.1) is 0 Å². The Morgan fingerprint density at radius 3 is 0.680 bits per heavy atom. The van der Waals surface area contributed by atoms with E-state index < -0.39 is 97.5 Å². The minimum Gasteiger partial charge on any atom is -0.462 e. The van der Waals surface area contributed by atoms with E-state index in [0.29, 0.717) is 25.7 Å². The second kappa shape index (κ2) is 72.6. The molecular formula is C81H158O17P2. The van der Waals surface area contributed by atoms with Crippen LogP contribution in [-0.4, -0.2) is 96.7 Å². The molecule has 0 aromatic heterocycles. The highest BCUT2D eigenvalue weighted by molar-refractivity contribution is 7.47. The number of phosphoric acid groups is 2. The molecule has 0 amide bonds. The van der Waals surface area contributed by atoms with E-state index in [4.69, 9.17) is 37.0 Å². The van der Waals surface area contributed by atoms with E-state index in [1.165, 1.54) is 231 Å². The highest BCUT2D eigenvalue weighted by Crippen LogP contribution is 2.45. The maximum absolute atomic E-state index is 13.1. The van der Waals surface area contributed by atoms with Gasteiger partial charge in [0, 0.05) is 25.7 Å². The van der Waals surface area contributed by atoms with E-state index in [1.54, 1.807) is 0 Å². The molecule has 2 unspecified atom stereocenters. The van der Waals surface area contributed by atoms with Gasteiger partial charge in [0.15, 0.2) is 12.2 Å². The van der Waals surface area contributed by atoms with E-state index in [1.807, 2.05) is 0 Å². The third-order valence-electron chi connectivity index (χ3n) is 19.0. The van der Waals surface area contributed by atoms with E-state index >= 15 is 0 Å². The number of rotatable bonds is 80. The minimum absolute atomic E-state index is 0.107. The summed E-state index contributed by atoms with van der Waals surface area (Å²) in [5.74, 6) is -0.514. The van der Waals surface area contributed by atoms with Crippen molar-refractivity contribution in [1.29, 1.82) is 0 Å². The zero-order chi connectivity index (χ0) is 73.5. The fourth-order valence-corrected chi connectivity index (χ4v) is 14.1. The van der Waals surface area contributed by atoms with Crippen molar-refractivity contribution in [2.75, 3.05) is 39.6 Å². The molecule has 19 heteroatoms. The molecule has 0 rings (SSSR count). The molecule has 0 aliphatic heterocycles. The third kappa shape index (κ3) is 74.3. The van der Waals surface area contributed by atoms with Crippen molar-refractivity contribution in [2.24, 2.45) is 11.8 Å². The lowest BCUT2D eigenvalue weighted by molar-refractivity contribution is -0.161. The molecular weight excluding hydrogens is 1310 g/mol. The third-order valence-corrected chi connectivity index (χ3v) is 20.9. The molecule has 0 saturated heterocycles. The quantitative estimate of drug-likeness (QED) is 0.0222. The van der Waals surface area contributed by atoms with Crippen LogP contribution in [0.5, 0.6) is 0 Å². The zero-order valence-corrected chi connectivity index (χ0v) is 67.3. The Balaban J connectivity index is 5.18. The molecule has 0 aromatic rings. The van der Waals surface area contributed by atoms with Crippen LogP contribution >= 0.6 is 15.6 Å². The molecule has 0 aliphatic carbocycles. The van der Waals surface area contributed by atoms with Gasteiger partial charge in [-0.25, -0.2) is 9.13 Å². The molecule has 0 fully saturated rings. The van der Waals surface area contributed by atoms with Gasteiger partial charge in [0.2, 0.25) is 0 Å². The SMILES string of the molecule is CCCCCCCCCCCCCCCCCCCCC(=O)OC[C@H](COP(=O)(O)OC[C@@H](O)COP(=O)(O)OC[C@@H](COC(=O)CCCCCCCCC)OC(=O)CCCCCCCCCCCCCCCCC(C)C)OC(=O)CCCCCCCCCCCCCCCCCC(C)C. The standard InChI is InChI=1S/C81H158O17P2/c1-7-9-11-13-15-16-17-18-19-20-21-24-30-35-40-46-52-58-64-79(84)92-70-77(98-81(86)66-59-53-47-41-36-31-25-22-23-28-33-38-44-49-55-61-73(3)4)72-96-100(89,90)94-68-75(82)67-93-99(87,88)95-71-76(69-91-78(83)63-57-51-43-14-12-10-8-2)97-80(85)65-60-54-48-42-37-32-27-26-29-34-39-45-50-56-62-74(5)6/h73-77,82H,7-72H2,1-6H3,(H,87,88)(H,89,90)/t75-,76+,77+/m0/s1. The first-order valence-corrected chi connectivity index (χ1v) is 45.0. The number of aliphatic hydroxyl groups is 1. The molecule has 0 radical (unpaired) electrons. The molecule has 17 nitrogen and oxygen atoms in total. The summed E-state index contributed by atoms with van der Waals surface area (Å²) in [6.07, 6.45) is 62.6. The summed E-state index contributed by atoms with van der Waals surface area (Å²) < 4.78 is 68.6. The van der Waals surface area contributed by atoms with Gasteiger partial charge in [-0.05, 0) is 37.5 Å². The summed E-state index contributed by atoms with van der Waals surface area (Å²) in [4.78, 5) is 72.9. The molecule has 100 heavy (non-hydrogen) atoms. The van der Waals surface area contributed by atoms with Crippen molar-refractivity contribution in [3.05, 3.63) is 0 Å². The lowest BCUT2D eigenvalue weighted by Gasteiger charge is -2.21. The first-order valence-electron chi connectivity index (χ1n) is 42.0. The smallest absolute Gasteiger partial charge is 0.462 e. The van der Waals surface area contributed by atoms with Crippen molar-refractivity contribution in [2.45, 2.75) is 445 Å². The number of phosphoric ester groups is 2. The van der Waals surface area contributed by atoms with Crippen LogP contribution in [0.4, 0.5) is 0 Å². The molecule has 0 heterocycles. The Bertz CT molecular complexity index is 1920. The van der Waals surface area contributed by atoms with Crippen molar-refractivity contribution >= 4 is 39.5 Å². The van der Waals surface area contributed by atoms with Gasteiger partial charge in [-0.2, -0.15) is 0 Å². The van der Waals surface area contributed by atoms with Crippen LogP contribution in [-0.2, 0) is 65.4 Å². The highest BCUT2D eigenvalue weighted by atomic mass is 31.2. The molecule has 0 aliphatic rings. The second-order valence-electron chi connectivity index (χ2n) is 30.1. The van der Waals surface area contributed by atoms with Crippen molar-refractivity contribution < 1.29 is 80.2 Å². The van der Waals surface area contributed by atoms with E-state index in [9.17, 15) is 43.2 Å². The van der Waals surface area contributed by atoms with Crippen molar-refractivity contribution in [1.82, 2.24) is 0 Å². The van der Waals surface area contributed by atoms with Gasteiger partial charge in [-0.1, -0.05) is 375 Å². The Hall–Kier alpha value is -1.94. The van der Waals surface area contributed by atoms with Crippen LogP contribution in [0.3, 0.4) is 0 Å². The minimum atomic E-state index is -4.96. The Morgan fingerprint density at radius 2 is 0.460 bits per heavy atom. The number of carbonyl (C=O) groups is 4. The molecule has 594 valence electrons. The number of aliphatic hydroxyl groups excluding tert-OH is 1. The number of hydrogen-bond acceptors (Lipinski definition) is 15. The first kappa shape index (κ1) is 98.1. The number of hydrogen-bond donors (Lipinski definition) is 3. The monoisotopic (exact) mass is 1470 g/mol. The van der Waals surface area contributed by atoms with Crippen LogP contribution in [0, 0.1) is 11.8 Å². The Morgan fingerprint density at radius 1 is 0.270 bits per heavy atom. The van der Waals surface area contributed by atoms with Crippen LogP contribution in [0.1, 0.15) is 427 Å². The van der Waals surface area contributed by atoms with Gasteiger partial charge in [0.1, 0.15) is 19.3 Å².